The van der Waals surface area contributed by atoms with Crippen LogP contribution >= 0.6 is 11.6 Å². The number of pyridine rings is 2. The fourth-order valence-corrected chi connectivity index (χ4v) is 3.45. The van der Waals surface area contributed by atoms with E-state index in [0.29, 0.717) is 28.3 Å². The Labute approximate surface area is 162 Å². The van der Waals surface area contributed by atoms with Crippen molar-refractivity contribution in [2.75, 3.05) is 6.61 Å². The molecule has 2 aromatic heterocycles. The molecule has 6 heteroatoms. The zero-order valence-electron chi connectivity index (χ0n) is 15.6. The van der Waals surface area contributed by atoms with Gasteiger partial charge in [0.15, 0.2) is 0 Å². The molecule has 0 N–H and O–H groups in total. The van der Waals surface area contributed by atoms with E-state index < -0.39 is 5.97 Å². The van der Waals surface area contributed by atoms with E-state index in [-0.39, 0.29) is 18.6 Å². The van der Waals surface area contributed by atoms with Gasteiger partial charge in [-0.05, 0) is 50.6 Å². The lowest BCUT2D eigenvalue weighted by Crippen LogP contribution is -2.27. The smallest absolute Gasteiger partial charge is 0.310 e. The van der Waals surface area contributed by atoms with Crippen LogP contribution < -0.4 is 5.56 Å². The van der Waals surface area contributed by atoms with Crippen LogP contribution in [-0.4, -0.2) is 22.1 Å². The Morgan fingerprint density at radius 1 is 1.22 bits per heavy atom. The summed E-state index contributed by atoms with van der Waals surface area (Å²) in [5.74, 6) is -0.431. The average Bonchev–Trinajstić information content (AvgIpc) is 2.63. The summed E-state index contributed by atoms with van der Waals surface area (Å²) in [6.45, 7) is 6.24. The Morgan fingerprint density at radius 3 is 2.67 bits per heavy atom. The van der Waals surface area contributed by atoms with Gasteiger partial charge in [0.2, 0.25) is 0 Å². The van der Waals surface area contributed by atoms with Crippen molar-refractivity contribution < 1.29 is 9.53 Å². The number of halogens is 1. The Balaban J connectivity index is 2.41. The highest BCUT2D eigenvalue weighted by atomic mass is 35.5. The molecule has 140 valence electrons. The number of esters is 1. The quantitative estimate of drug-likeness (QED) is 0.620. The third-order valence-corrected chi connectivity index (χ3v) is 4.64. The van der Waals surface area contributed by atoms with Crippen LogP contribution in [0.5, 0.6) is 0 Å². The lowest BCUT2D eigenvalue weighted by molar-refractivity contribution is -0.142. The van der Waals surface area contributed by atoms with Crippen molar-refractivity contribution in [3.8, 4) is 11.1 Å². The van der Waals surface area contributed by atoms with Crippen molar-refractivity contribution in [2.24, 2.45) is 0 Å². The average molecular weight is 385 g/mol. The van der Waals surface area contributed by atoms with E-state index in [4.69, 9.17) is 16.3 Å². The third kappa shape index (κ3) is 3.74. The minimum absolute atomic E-state index is 0.0989. The highest BCUT2D eigenvalue weighted by Gasteiger charge is 2.21. The molecule has 0 radical (unpaired) electrons. The van der Waals surface area contributed by atoms with E-state index in [9.17, 15) is 9.59 Å². The Kier molecular flexibility index (Phi) is 5.61. The maximum absolute atomic E-state index is 13.2. The van der Waals surface area contributed by atoms with Crippen molar-refractivity contribution in [3.05, 3.63) is 63.0 Å². The SMILES string of the molecule is CCOC(=O)Cc1c(-c2cccc(Cl)c2)c2ccc(C)nc2n(CC)c1=O. The molecule has 0 spiro atoms. The molecule has 0 saturated heterocycles. The van der Waals surface area contributed by atoms with Crippen LogP contribution in [0.4, 0.5) is 0 Å². The number of hydrogen-bond acceptors (Lipinski definition) is 4. The molecule has 0 aliphatic rings. The Bertz CT molecular complexity index is 1070. The van der Waals surface area contributed by atoms with Gasteiger partial charge < -0.3 is 4.74 Å². The van der Waals surface area contributed by atoms with Crippen LogP contribution in [0.3, 0.4) is 0 Å². The molecule has 27 heavy (non-hydrogen) atoms. The minimum Gasteiger partial charge on any atom is -0.466 e. The van der Waals surface area contributed by atoms with Crippen LogP contribution in [-0.2, 0) is 22.5 Å². The molecule has 3 aromatic rings. The first-order valence-corrected chi connectivity index (χ1v) is 9.28. The molecule has 0 saturated carbocycles. The van der Waals surface area contributed by atoms with Crippen molar-refractivity contribution in [1.82, 2.24) is 9.55 Å². The van der Waals surface area contributed by atoms with Crippen LogP contribution in [0.2, 0.25) is 5.02 Å². The van der Waals surface area contributed by atoms with Crippen molar-refractivity contribution >= 4 is 28.6 Å². The van der Waals surface area contributed by atoms with E-state index in [2.05, 4.69) is 4.98 Å². The number of aryl methyl sites for hydroxylation is 2. The zero-order valence-corrected chi connectivity index (χ0v) is 16.3. The Morgan fingerprint density at radius 2 is 2.00 bits per heavy atom. The molecule has 2 heterocycles. The molecule has 3 rings (SSSR count). The summed E-state index contributed by atoms with van der Waals surface area (Å²) in [5.41, 5.74) is 3.05. The number of carbonyl (C=O) groups excluding carboxylic acids is 1. The topological polar surface area (TPSA) is 61.2 Å². The maximum atomic E-state index is 13.2. The van der Waals surface area contributed by atoms with Gasteiger partial charge in [-0.1, -0.05) is 23.7 Å². The molecule has 1 aromatic carbocycles. The highest BCUT2D eigenvalue weighted by Crippen LogP contribution is 2.32. The fraction of sp³-hybridized carbons (Fsp3) is 0.286. The second-order valence-corrected chi connectivity index (χ2v) is 6.66. The summed E-state index contributed by atoms with van der Waals surface area (Å²) in [6.07, 6.45) is -0.0989. The number of fused-ring (bicyclic) bond motifs is 1. The molecule has 0 aliphatic heterocycles. The lowest BCUT2D eigenvalue weighted by Gasteiger charge is -2.17. The van der Waals surface area contributed by atoms with Crippen LogP contribution in [0.25, 0.3) is 22.2 Å². The molecule has 0 fully saturated rings. The molecule has 0 bridgehead atoms. The number of hydrogen-bond donors (Lipinski definition) is 0. The predicted molar refractivity (Wildman–Crippen MR) is 107 cm³/mol. The highest BCUT2D eigenvalue weighted by molar-refractivity contribution is 6.30. The first kappa shape index (κ1) is 19.1. The van der Waals surface area contributed by atoms with Gasteiger partial charge in [-0.25, -0.2) is 4.98 Å². The van der Waals surface area contributed by atoms with E-state index in [1.165, 1.54) is 0 Å². The van der Waals surface area contributed by atoms with Crippen molar-refractivity contribution in [1.29, 1.82) is 0 Å². The van der Waals surface area contributed by atoms with Gasteiger partial charge >= 0.3 is 5.97 Å². The van der Waals surface area contributed by atoms with Gasteiger partial charge in [0.25, 0.3) is 5.56 Å². The van der Waals surface area contributed by atoms with E-state index in [0.717, 1.165) is 16.6 Å². The second-order valence-electron chi connectivity index (χ2n) is 6.22. The summed E-state index contributed by atoms with van der Waals surface area (Å²) in [5, 5.41) is 1.37. The number of nitrogens with zero attached hydrogens (tertiary/aromatic N) is 2. The van der Waals surface area contributed by atoms with Crippen LogP contribution in [0.15, 0.2) is 41.2 Å². The summed E-state index contributed by atoms with van der Waals surface area (Å²) in [7, 11) is 0. The monoisotopic (exact) mass is 384 g/mol. The standard InChI is InChI=1S/C21H21ClN2O3/c1-4-24-20-16(10-9-13(3)23-20)19(14-7-6-8-15(22)11-14)17(21(24)26)12-18(25)27-5-2/h6-11H,4-5,12H2,1-3H3. The van der Waals surface area contributed by atoms with E-state index >= 15 is 0 Å². The van der Waals surface area contributed by atoms with Gasteiger partial charge in [0.05, 0.1) is 13.0 Å². The number of ether oxygens (including phenoxy) is 1. The largest absolute Gasteiger partial charge is 0.466 e. The number of rotatable bonds is 5. The van der Waals surface area contributed by atoms with Crippen LogP contribution in [0, 0.1) is 6.92 Å². The van der Waals surface area contributed by atoms with Gasteiger partial charge in [-0.2, -0.15) is 0 Å². The lowest BCUT2D eigenvalue weighted by atomic mass is 9.95. The van der Waals surface area contributed by atoms with Crippen molar-refractivity contribution in [2.45, 2.75) is 33.7 Å². The number of aromatic nitrogens is 2. The molecule has 0 amide bonds. The second kappa shape index (κ2) is 7.92. The van der Waals surface area contributed by atoms with Gasteiger partial charge in [0.1, 0.15) is 5.65 Å². The van der Waals surface area contributed by atoms with Crippen LogP contribution in [0.1, 0.15) is 25.1 Å². The zero-order chi connectivity index (χ0) is 19.6. The normalized spacial score (nSPS) is 11.0. The summed E-state index contributed by atoms with van der Waals surface area (Å²) in [4.78, 5) is 30.0. The summed E-state index contributed by atoms with van der Waals surface area (Å²) in [6, 6.07) is 11.1. The molecule has 0 atom stereocenters. The summed E-state index contributed by atoms with van der Waals surface area (Å²) >= 11 is 6.19. The summed E-state index contributed by atoms with van der Waals surface area (Å²) < 4.78 is 6.69. The minimum atomic E-state index is -0.431. The van der Waals surface area contributed by atoms with Gasteiger partial charge in [-0.3, -0.25) is 14.2 Å². The molecule has 5 nitrogen and oxygen atoms in total. The fourth-order valence-electron chi connectivity index (χ4n) is 3.26. The third-order valence-electron chi connectivity index (χ3n) is 4.40. The van der Waals surface area contributed by atoms with Gasteiger partial charge in [-0.15, -0.1) is 0 Å². The number of benzene rings is 1. The number of carbonyl (C=O) groups is 1. The first-order valence-electron chi connectivity index (χ1n) is 8.90. The predicted octanol–water partition coefficient (Wildman–Crippen LogP) is 4.15. The molecule has 0 unspecified atom stereocenters. The Hall–Kier alpha value is -2.66. The molecule has 0 aliphatic carbocycles. The van der Waals surface area contributed by atoms with Gasteiger partial charge in [0, 0.05) is 33.8 Å². The van der Waals surface area contributed by atoms with Crippen molar-refractivity contribution in [3.63, 3.8) is 0 Å². The first-order chi connectivity index (χ1) is 13.0. The molecular weight excluding hydrogens is 364 g/mol. The molecular formula is C21H21ClN2O3. The van der Waals surface area contributed by atoms with E-state index in [1.54, 1.807) is 23.6 Å². The van der Waals surface area contributed by atoms with E-state index in [1.807, 2.05) is 38.1 Å². The maximum Gasteiger partial charge on any atom is 0.310 e.